The fourth-order valence-corrected chi connectivity index (χ4v) is 4.76. The van der Waals surface area contributed by atoms with Crippen molar-refractivity contribution in [3.63, 3.8) is 0 Å². The van der Waals surface area contributed by atoms with Gasteiger partial charge < -0.3 is 10.2 Å². The number of thiazole rings is 1. The van der Waals surface area contributed by atoms with Crippen molar-refractivity contribution in [3.8, 4) is 0 Å². The van der Waals surface area contributed by atoms with Crippen LogP contribution in [0, 0.1) is 0 Å². The van der Waals surface area contributed by atoms with Crippen LogP contribution >= 0.6 is 23.1 Å². The minimum Gasteiger partial charge on any atom is -0.337 e. The Hall–Kier alpha value is -2.36. The van der Waals surface area contributed by atoms with Crippen LogP contribution in [0.4, 0.5) is 0 Å². The topological polar surface area (TPSA) is 75.4 Å². The molecule has 0 radical (unpaired) electrons. The van der Waals surface area contributed by atoms with Crippen molar-refractivity contribution in [1.82, 2.24) is 28.3 Å². The monoisotopic (exact) mass is 398 g/mol. The van der Waals surface area contributed by atoms with Gasteiger partial charge in [-0.15, -0.1) is 11.3 Å². The van der Waals surface area contributed by atoms with Crippen molar-refractivity contribution >= 4 is 45.0 Å². The summed E-state index contributed by atoms with van der Waals surface area (Å²) in [5.41, 5.74) is 4.51. The number of carbonyl (C=O) groups is 1. The normalized spacial score (nSPS) is 14.6. The molecule has 0 aliphatic carbocycles. The summed E-state index contributed by atoms with van der Waals surface area (Å²) >= 11 is 2.78. The number of carbonyl (C=O) groups excluding carboxylic acids is 1. The van der Waals surface area contributed by atoms with Crippen molar-refractivity contribution in [2.75, 3.05) is 13.1 Å². The zero-order valence-electron chi connectivity index (χ0n) is 14.6. The van der Waals surface area contributed by atoms with Crippen molar-refractivity contribution in [1.29, 1.82) is 0 Å². The van der Waals surface area contributed by atoms with Gasteiger partial charge in [0.25, 0.3) is 5.91 Å². The number of hydrogen-bond acceptors (Lipinski definition) is 7. The quantitative estimate of drug-likeness (QED) is 0.559. The van der Waals surface area contributed by atoms with Crippen LogP contribution in [0.1, 0.15) is 34.6 Å². The summed E-state index contributed by atoms with van der Waals surface area (Å²) in [5.74, 6) is 0.0511. The summed E-state index contributed by atoms with van der Waals surface area (Å²) < 4.78 is 10.6. The molecule has 1 aliphatic rings. The van der Waals surface area contributed by atoms with Gasteiger partial charge in [0.05, 0.1) is 17.4 Å². The Morgan fingerprint density at radius 2 is 2.00 bits per heavy atom. The number of aromatic nitrogens is 4. The van der Waals surface area contributed by atoms with Gasteiger partial charge in [0, 0.05) is 37.8 Å². The molecule has 1 amide bonds. The molecular formula is C18H18N6OS2. The van der Waals surface area contributed by atoms with Gasteiger partial charge in [-0.3, -0.25) is 9.20 Å². The Morgan fingerprint density at radius 3 is 2.89 bits per heavy atom. The van der Waals surface area contributed by atoms with Crippen LogP contribution in [-0.2, 0) is 13.1 Å². The minimum atomic E-state index is 0.0511. The third-order valence-electron chi connectivity index (χ3n) is 4.90. The molecule has 0 atom stereocenters. The molecule has 3 aromatic heterocycles. The number of hydrogen-bond donors (Lipinski definition) is 1. The van der Waals surface area contributed by atoms with Gasteiger partial charge >= 0.3 is 0 Å². The summed E-state index contributed by atoms with van der Waals surface area (Å²) in [6.07, 6.45) is 4.14. The maximum absolute atomic E-state index is 12.9. The molecule has 0 saturated carbocycles. The molecule has 0 spiro atoms. The lowest BCUT2D eigenvalue weighted by Crippen LogP contribution is -2.29. The lowest BCUT2D eigenvalue weighted by Gasteiger charge is -2.15. The number of imidazole rings is 1. The molecular weight excluding hydrogens is 380 g/mol. The van der Waals surface area contributed by atoms with E-state index in [2.05, 4.69) is 31.2 Å². The standard InChI is InChI=1S/C18H18N6OS2/c25-17(23-5-1-2-6-23)16-15(24-7-8-26-18(24)20-16)11-19-10-12-3-4-13-14(9-12)22-27-21-13/h3-4,7-9,19H,1-2,5-6,10-11H2. The molecule has 0 unspecified atom stereocenters. The maximum Gasteiger partial charge on any atom is 0.274 e. The number of likely N-dealkylation sites (tertiary alicyclic amines) is 1. The highest BCUT2D eigenvalue weighted by Gasteiger charge is 2.26. The van der Waals surface area contributed by atoms with Crippen LogP contribution in [0.25, 0.3) is 16.0 Å². The molecule has 9 heteroatoms. The maximum atomic E-state index is 12.9. The van der Waals surface area contributed by atoms with E-state index < -0.39 is 0 Å². The number of nitrogens with zero attached hydrogens (tertiary/aromatic N) is 5. The van der Waals surface area contributed by atoms with E-state index in [1.807, 2.05) is 26.9 Å². The van der Waals surface area contributed by atoms with E-state index in [1.54, 1.807) is 11.3 Å². The highest BCUT2D eigenvalue weighted by atomic mass is 32.1. The van der Waals surface area contributed by atoms with Gasteiger partial charge in [0.15, 0.2) is 10.7 Å². The Morgan fingerprint density at radius 1 is 1.15 bits per heavy atom. The Kier molecular flexibility index (Phi) is 4.35. The Balaban J connectivity index is 1.36. The van der Waals surface area contributed by atoms with Crippen molar-refractivity contribution in [3.05, 3.63) is 46.7 Å². The van der Waals surface area contributed by atoms with Crippen molar-refractivity contribution in [2.24, 2.45) is 0 Å². The van der Waals surface area contributed by atoms with E-state index in [0.717, 1.165) is 53.2 Å². The van der Waals surface area contributed by atoms with Crippen LogP contribution in [0.15, 0.2) is 29.8 Å². The van der Waals surface area contributed by atoms with Crippen LogP contribution in [0.2, 0.25) is 0 Å². The summed E-state index contributed by atoms with van der Waals surface area (Å²) in [6, 6.07) is 6.11. The summed E-state index contributed by atoms with van der Waals surface area (Å²) in [6.45, 7) is 2.94. The Labute approximate surface area is 164 Å². The SMILES string of the molecule is O=C(c1nc2sccn2c1CNCc1ccc2nsnc2c1)N1CCCC1. The van der Waals surface area contributed by atoms with Gasteiger partial charge in [-0.25, -0.2) is 4.98 Å². The fraction of sp³-hybridized carbons (Fsp3) is 0.333. The predicted molar refractivity (Wildman–Crippen MR) is 106 cm³/mol. The van der Waals surface area contributed by atoms with Crippen LogP contribution in [0.3, 0.4) is 0 Å². The second-order valence-corrected chi connectivity index (χ2v) is 8.05. The molecule has 138 valence electrons. The van der Waals surface area contributed by atoms with Gasteiger partial charge in [0.2, 0.25) is 0 Å². The smallest absolute Gasteiger partial charge is 0.274 e. The fourth-order valence-electron chi connectivity index (χ4n) is 3.51. The molecule has 1 fully saturated rings. The average molecular weight is 399 g/mol. The molecule has 1 saturated heterocycles. The van der Waals surface area contributed by atoms with Gasteiger partial charge in [-0.1, -0.05) is 6.07 Å². The first kappa shape index (κ1) is 16.8. The zero-order valence-corrected chi connectivity index (χ0v) is 16.2. The van der Waals surface area contributed by atoms with Crippen molar-refractivity contribution < 1.29 is 4.79 Å². The molecule has 1 aromatic carbocycles. The third kappa shape index (κ3) is 3.11. The number of benzene rings is 1. The Bertz CT molecular complexity index is 1110. The van der Waals surface area contributed by atoms with E-state index in [1.165, 1.54) is 11.7 Å². The third-order valence-corrected chi connectivity index (χ3v) is 6.21. The summed E-state index contributed by atoms with van der Waals surface area (Å²) in [4.78, 5) is 20.3. The number of amides is 1. The average Bonchev–Trinajstić information content (AvgIpc) is 3.45. The summed E-state index contributed by atoms with van der Waals surface area (Å²) in [5, 5.41) is 5.46. The summed E-state index contributed by atoms with van der Waals surface area (Å²) in [7, 11) is 0. The molecule has 1 aliphatic heterocycles. The van der Waals surface area contributed by atoms with E-state index in [9.17, 15) is 4.79 Å². The highest BCUT2D eigenvalue weighted by Crippen LogP contribution is 2.21. The zero-order chi connectivity index (χ0) is 18.2. The van der Waals surface area contributed by atoms with Crippen molar-refractivity contribution in [2.45, 2.75) is 25.9 Å². The first-order valence-corrected chi connectivity index (χ1v) is 10.6. The van der Waals surface area contributed by atoms with Gasteiger partial charge in [-0.05, 0) is 30.5 Å². The lowest BCUT2D eigenvalue weighted by atomic mass is 10.2. The molecule has 5 rings (SSSR count). The van der Waals surface area contributed by atoms with Crippen LogP contribution in [0.5, 0.6) is 0 Å². The molecule has 4 heterocycles. The largest absolute Gasteiger partial charge is 0.337 e. The number of rotatable bonds is 5. The second-order valence-electron chi connectivity index (χ2n) is 6.65. The first-order valence-electron chi connectivity index (χ1n) is 8.95. The molecule has 0 bridgehead atoms. The van der Waals surface area contributed by atoms with E-state index >= 15 is 0 Å². The van der Waals surface area contributed by atoms with Gasteiger partial charge in [0.1, 0.15) is 11.0 Å². The molecule has 27 heavy (non-hydrogen) atoms. The molecule has 4 aromatic rings. The van der Waals surface area contributed by atoms with Crippen LogP contribution < -0.4 is 5.32 Å². The van der Waals surface area contributed by atoms with E-state index in [4.69, 9.17) is 0 Å². The molecule has 1 N–H and O–H groups in total. The number of fused-ring (bicyclic) bond motifs is 2. The minimum absolute atomic E-state index is 0.0511. The first-order chi connectivity index (χ1) is 13.3. The number of nitrogens with one attached hydrogen (secondary N) is 1. The van der Waals surface area contributed by atoms with E-state index in [0.29, 0.717) is 18.8 Å². The van der Waals surface area contributed by atoms with E-state index in [-0.39, 0.29) is 5.91 Å². The second kappa shape index (κ2) is 6.99. The highest BCUT2D eigenvalue weighted by molar-refractivity contribution is 7.15. The molecule has 7 nitrogen and oxygen atoms in total. The lowest BCUT2D eigenvalue weighted by molar-refractivity contribution is 0.0786. The predicted octanol–water partition coefficient (Wildman–Crippen LogP) is 2.93. The van der Waals surface area contributed by atoms with Gasteiger partial charge in [-0.2, -0.15) is 8.75 Å². The van der Waals surface area contributed by atoms with Crippen LogP contribution in [-0.4, -0.2) is 42.0 Å².